The van der Waals surface area contributed by atoms with E-state index >= 15 is 0 Å². The average Bonchev–Trinajstić information content (AvgIpc) is 2.99. The van der Waals surface area contributed by atoms with E-state index in [2.05, 4.69) is 45.6 Å². The number of ether oxygens (including phenoxy) is 1. The molecule has 212 valence electrons. The number of hydrogen-bond donors (Lipinski definition) is 0. The van der Waals surface area contributed by atoms with E-state index in [0.717, 1.165) is 30.8 Å². The molecule has 1 fully saturated rings. The number of hydrogen-bond acceptors (Lipinski definition) is 7. The molecule has 8 heteroatoms. The highest BCUT2D eigenvalue weighted by Gasteiger charge is 2.42. The normalized spacial score (nSPS) is 19.1. The van der Waals surface area contributed by atoms with Gasteiger partial charge in [0.05, 0.1) is 6.61 Å². The molecular weight excluding hydrogens is 514 g/mol. The van der Waals surface area contributed by atoms with Crippen LogP contribution in [-0.2, 0) is 16.1 Å². The minimum atomic E-state index is -0.621. The van der Waals surface area contributed by atoms with Gasteiger partial charge in [0.15, 0.2) is 0 Å². The third-order valence-electron chi connectivity index (χ3n) is 7.70. The average molecular weight is 552 g/mol. The number of benzene rings is 2. The van der Waals surface area contributed by atoms with E-state index < -0.39 is 11.8 Å². The first-order valence-electron chi connectivity index (χ1n) is 14.2. The Bertz CT molecular complexity index is 1490. The third-order valence-corrected chi connectivity index (χ3v) is 7.70. The van der Waals surface area contributed by atoms with Crippen LogP contribution >= 0.6 is 0 Å². The van der Waals surface area contributed by atoms with Gasteiger partial charge in [-0.25, -0.2) is 9.79 Å². The molecule has 41 heavy (non-hydrogen) atoms. The molecular formula is C33H37N5O3. The maximum Gasteiger partial charge on any atom is 0.351 e. The lowest BCUT2D eigenvalue weighted by molar-refractivity contribution is -0.146. The summed E-state index contributed by atoms with van der Waals surface area (Å²) < 4.78 is 7.09. The number of rotatable bonds is 9. The van der Waals surface area contributed by atoms with Crippen LogP contribution in [0, 0.1) is 5.92 Å². The Labute approximate surface area is 241 Å². The highest BCUT2D eigenvalue weighted by Crippen LogP contribution is 2.46. The number of nitrogens with zero attached hydrogens (tertiary/aromatic N) is 5. The number of fused-ring (bicyclic) bond motifs is 1. The van der Waals surface area contributed by atoms with Crippen molar-refractivity contribution in [3.8, 4) is 0 Å². The van der Waals surface area contributed by atoms with Crippen molar-refractivity contribution in [2.45, 2.75) is 26.3 Å². The van der Waals surface area contributed by atoms with Gasteiger partial charge in [0.25, 0.3) is 0 Å². The van der Waals surface area contributed by atoms with Crippen LogP contribution in [0.4, 0.5) is 11.6 Å². The van der Waals surface area contributed by atoms with Gasteiger partial charge >= 0.3 is 11.7 Å². The van der Waals surface area contributed by atoms with Crippen LogP contribution in [0.25, 0.3) is 6.08 Å². The summed E-state index contributed by atoms with van der Waals surface area (Å²) in [7, 11) is 0. The van der Waals surface area contributed by atoms with Crippen molar-refractivity contribution < 1.29 is 9.53 Å². The Balaban J connectivity index is 1.51. The van der Waals surface area contributed by atoms with Crippen LogP contribution in [0.5, 0.6) is 0 Å². The third kappa shape index (κ3) is 6.07. The van der Waals surface area contributed by atoms with Gasteiger partial charge in [-0.05, 0) is 25.0 Å². The zero-order valence-electron chi connectivity index (χ0n) is 23.8. The number of aliphatic imine (C=N–C) groups is 1. The van der Waals surface area contributed by atoms with Crippen molar-refractivity contribution in [2.24, 2.45) is 10.9 Å². The van der Waals surface area contributed by atoms with Crippen molar-refractivity contribution in [1.29, 1.82) is 0 Å². The van der Waals surface area contributed by atoms with E-state index in [4.69, 9.17) is 9.73 Å². The van der Waals surface area contributed by atoms with E-state index in [-0.39, 0.29) is 24.8 Å². The van der Waals surface area contributed by atoms with Crippen molar-refractivity contribution in [3.05, 3.63) is 107 Å². The molecule has 0 spiro atoms. The minimum absolute atomic E-state index is 0.276. The second kappa shape index (κ2) is 12.9. The molecule has 0 radical (unpaired) electrons. The first kappa shape index (κ1) is 28.2. The van der Waals surface area contributed by atoms with E-state index in [0.29, 0.717) is 30.4 Å². The van der Waals surface area contributed by atoms with Gasteiger partial charge in [0.2, 0.25) is 0 Å². The number of esters is 1. The SMILES string of the molecule is C=CCn1c2c(c(N3CCN(CC=Cc4ccccc4)CC3)nc1=O)C(c1ccccc1)C(C(=O)OCC)C(C)=N2. The molecule has 1 saturated heterocycles. The molecule has 3 heterocycles. The van der Waals surface area contributed by atoms with Gasteiger partial charge in [-0.1, -0.05) is 78.9 Å². The Hall–Kier alpha value is -4.30. The summed E-state index contributed by atoms with van der Waals surface area (Å²) in [5.41, 5.74) is 3.18. The molecule has 2 unspecified atom stereocenters. The summed E-state index contributed by atoms with van der Waals surface area (Å²) in [5.74, 6) is -0.196. The lowest BCUT2D eigenvalue weighted by Crippen LogP contribution is -2.48. The fourth-order valence-corrected chi connectivity index (χ4v) is 5.73. The molecule has 0 aliphatic carbocycles. The first-order chi connectivity index (χ1) is 20.0. The predicted molar refractivity (Wildman–Crippen MR) is 164 cm³/mol. The summed E-state index contributed by atoms with van der Waals surface area (Å²) >= 11 is 0. The quantitative estimate of drug-likeness (QED) is 0.284. The minimum Gasteiger partial charge on any atom is -0.465 e. The maximum absolute atomic E-state index is 13.4. The number of anilines is 1. The Morgan fingerprint density at radius 2 is 1.71 bits per heavy atom. The topological polar surface area (TPSA) is 80.0 Å². The zero-order valence-corrected chi connectivity index (χ0v) is 23.8. The summed E-state index contributed by atoms with van der Waals surface area (Å²) in [6.07, 6.45) is 6.00. The van der Waals surface area contributed by atoms with Crippen LogP contribution in [0.1, 0.15) is 36.5 Å². The fraction of sp³-hybridized carbons (Fsp3) is 0.333. The van der Waals surface area contributed by atoms with Gasteiger partial charge in [0.1, 0.15) is 17.6 Å². The van der Waals surface area contributed by atoms with Gasteiger partial charge < -0.3 is 9.64 Å². The lowest BCUT2D eigenvalue weighted by atomic mass is 9.76. The van der Waals surface area contributed by atoms with Crippen molar-refractivity contribution in [1.82, 2.24) is 14.5 Å². The first-order valence-corrected chi connectivity index (χ1v) is 14.2. The summed E-state index contributed by atoms with van der Waals surface area (Å²) in [4.78, 5) is 40.8. The second-order valence-electron chi connectivity index (χ2n) is 10.3. The summed E-state index contributed by atoms with van der Waals surface area (Å²) in [6.45, 7) is 11.9. The number of piperazine rings is 1. The standard InChI is InChI=1S/C33H37N5O3/c1-4-18-38-31-29(28(26-16-10-7-11-17-26)27(24(3)34-31)32(39)41-5-2)30(35-33(38)40)37-22-20-36(21-23-37)19-12-15-25-13-8-6-9-14-25/h4,6-17,27-28H,1,5,18-23H2,2-3H3. The molecule has 2 aliphatic rings. The number of aromatic nitrogens is 2. The predicted octanol–water partition coefficient (Wildman–Crippen LogP) is 4.68. The van der Waals surface area contributed by atoms with E-state index in [1.54, 1.807) is 10.6 Å². The Kier molecular flexibility index (Phi) is 8.89. The molecule has 2 aromatic carbocycles. The number of carbonyl (C=O) groups excluding carboxylic acids is 1. The number of carbonyl (C=O) groups is 1. The smallest absolute Gasteiger partial charge is 0.351 e. The Morgan fingerprint density at radius 1 is 1.02 bits per heavy atom. The van der Waals surface area contributed by atoms with Crippen molar-refractivity contribution in [3.63, 3.8) is 0 Å². The van der Waals surface area contributed by atoms with Gasteiger partial charge in [-0.2, -0.15) is 4.98 Å². The number of allylic oxidation sites excluding steroid dienone is 1. The summed E-state index contributed by atoms with van der Waals surface area (Å²) in [6, 6.07) is 20.2. The molecule has 0 amide bonds. The Morgan fingerprint density at radius 3 is 2.37 bits per heavy atom. The van der Waals surface area contributed by atoms with Gasteiger partial charge in [-0.15, -0.1) is 6.58 Å². The molecule has 5 rings (SSSR count). The van der Waals surface area contributed by atoms with Gasteiger partial charge in [-0.3, -0.25) is 14.3 Å². The monoisotopic (exact) mass is 551 g/mol. The highest BCUT2D eigenvalue weighted by atomic mass is 16.5. The van der Waals surface area contributed by atoms with Crippen LogP contribution in [0.15, 0.2) is 89.2 Å². The second-order valence-corrected chi connectivity index (χ2v) is 10.3. The zero-order chi connectivity index (χ0) is 28.8. The molecule has 2 aliphatic heterocycles. The van der Waals surface area contributed by atoms with E-state index in [9.17, 15) is 9.59 Å². The maximum atomic E-state index is 13.4. The van der Waals surface area contributed by atoms with Crippen LogP contribution in [0.2, 0.25) is 0 Å². The van der Waals surface area contributed by atoms with Crippen LogP contribution in [0.3, 0.4) is 0 Å². The van der Waals surface area contributed by atoms with Crippen LogP contribution in [-0.4, -0.2) is 65.5 Å². The molecule has 1 aromatic heterocycles. The van der Waals surface area contributed by atoms with Crippen LogP contribution < -0.4 is 10.6 Å². The molecule has 0 bridgehead atoms. The van der Waals surface area contributed by atoms with Gasteiger partial charge in [0, 0.05) is 56.5 Å². The highest BCUT2D eigenvalue weighted by molar-refractivity contribution is 6.05. The van der Waals surface area contributed by atoms with E-state index in [1.807, 2.05) is 62.4 Å². The molecule has 8 nitrogen and oxygen atoms in total. The fourth-order valence-electron chi connectivity index (χ4n) is 5.73. The van der Waals surface area contributed by atoms with Crippen molar-refractivity contribution in [2.75, 3.05) is 44.2 Å². The lowest BCUT2D eigenvalue weighted by Gasteiger charge is -2.39. The molecule has 0 saturated carbocycles. The summed E-state index contributed by atoms with van der Waals surface area (Å²) in [5, 5.41) is 0. The molecule has 3 aromatic rings. The largest absolute Gasteiger partial charge is 0.465 e. The molecule has 2 atom stereocenters. The van der Waals surface area contributed by atoms with Crippen molar-refractivity contribution >= 4 is 29.4 Å². The molecule has 0 N–H and O–H groups in total. The van der Waals surface area contributed by atoms with E-state index in [1.165, 1.54) is 5.56 Å².